The lowest BCUT2D eigenvalue weighted by Crippen LogP contribution is -2.17. The number of hydrogen-bond acceptors (Lipinski definition) is 5. The molecule has 6 heteroatoms. The van der Waals surface area contributed by atoms with Crippen molar-refractivity contribution < 1.29 is 0 Å². The Morgan fingerprint density at radius 1 is 1.33 bits per heavy atom. The van der Waals surface area contributed by atoms with Crippen LogP contribution in [0.1, 0.15) is 10.4 Å². The normalized spacial score (nSPS) is 10.9. The minimum atomic E-state index is 0.673. The van der Waals surface area contributed by atoms with Gasteiger partial charge in [-0.25, -0.2) is 10.8 Å². The molecule has 0 radical (unpaired) electrons. The van der Waals surface area contributed by atoms with Gasteiger partial charge in [-0.15, -0.1) is 11.3 Å². The van der Waals surface area contributed by atoms with Crippen molar-refractivity contribution in [1.29, 1.82) is 0 Å². The van der Waals surface area contributed by atoms with E-state index in [0.29, 0.717) is 5.82 Å². The third-order valence-corrected chi connectivity index (χ3v) is 3.70. The van der Waals surface area contributed by atoms with E-state index < -0.39 is 0 Å². The molecular formula is C12H15ClN4S. The summed E-state index contributed by atoms with van der Waals surface area (Å²) in [6.07, 6.45) is 1.83. The number of rotatable bonds is 5. The third-order valence-electron chi connectivity index (χ3n) is 2.48. The van der Waals surface area contributed by atoms with E-state index in [0.717, 1.165) is 23.0 Å². The van der Waals surface area contributed by atoms with Crippen LogP contribution in [-0.2, 0) is 13.1 Å². The molecule has 0 unspecified atom stereocenters. The lowest BCUT2D eigenvalue weighted by Gasteiger charge is -2.15. The van der Waals surface area contributed by atoms with Crippen LogP contribution in [0.3, 0.4) is 0 Å². The lowest BCUT2D eigenvalue weighted by atomic mass is 10.2. The number of anilines is 1. The quantitative estimate of drug-likeness (QED) is 0.654. The summed E-state index contributed by atoms with van der Waals surface area (Å²) in [7, 11) is 2.07. The highest BCUT2D eigenvalue weighted by Gasteiger charge is 2.04. The molecule has 0 aliphatic carbocycles. The summed E-state index contributed by atoms with van der Waals surface area (Å²) in [6.45, 7) is 1.72. The molecule has 0 spiro atoms. The van der Waals surface area contributed by atoms with E-state index in [2.05, 4.69) is 28.4 Å². The fraction of sp³-hybridized carbons (Fsp3) is 0.250. The molecule has 0 bridgehead atoms. The highest BCUT2D eigenvalue weighted by Crippen LogP contribution is 2.22. The van der Waals surface area contributed by atoms with Gasteiger partial charge in [0.2, 0.25) is 0 Å². The Kier molecular flexibility index (Phi) is 4.54. The number of halogens is 1. The number of aromatic nitrogens is 1. The van der Waals surface area contributed by atoms with E-state index in [4.69, 9.17) is 17.4 Å². The summed E-state index contributed by atoms with van der Waals surface area (Å²) in [5, 5.41) is 0. The highest BCUT2D eigenvalue weighted by molar-refractivity contribution is 7.16. The first kappa shape index (κ1) is 13.3. The molecule has 2 heterocycles. The second-order valence-corrected chi connectivity index (χ2v) is 5.87. The number of pyridine rings is 1. The molecular weight excluding hydrogens is 268 g/mol. The molecule has 0 amide bonds. The molecule has 18 heavy (non-hydrogen) atoms. The Hall–Kier alpha value is -1.14. The second-order valence-electron chi connectivity index (χ2n) is 4.07. The van der Waals surface area contributed by atoms with E-state index in [9.17, 15) is 0 Å². The fourth-order valence-electron chi connectivity index (χ4n) is 1.67. The van der Waals surface area contributed by atoms with Crippen molar-refractivity contribution in [3.63, 3.8) is 0 Å². The van der Waals surface area contributed by atoms with Gasteiger partial charge < -0.3 is 5.43 Å². The maximum Gasteiger partial charge on any atom is 0.139 e. The van der Waals surface area contributed by atoms with Gasteiger partial charge in [0.15, 0.2) is 0 Å². The average molecular weight is 283 g/mol. The number of nitrogen functional groups attached to an aromatic ring is 1. The average Bonchev–Trinajstić information content (AvgIpc) is 2.75. The van der Waals surface area contributed by atoms with E-state index in [-0.39, 0.29) is 0 Å². The van der Waals surface area contributed by atoms with Crippen LogP contribution in [-0.4, -0.2) is 16.9 Å². The SMILES string of the molecule is CN(Cc1ccc(NN)nc1)Cc1ccc(Cl)s1. The molecule has 0 saturated heterocycles. The summed E-state index contributed by atoms with van der Waals surface area (Å²) in [5.41, 5.74) is 3.66. The first-order chi connectivity index (χ1) is 8.67. The molecule has 0 fully saturated rings. The van der Waals surface area contributed by atoms with Gasteiger partial charge in [-0.3, -0.25) is 4.90 Å². The van der Waals surface area contributed by atoms with Crippen molar-refractivity contribution in [2.45, 2.75) is 13.1 Å². The fourth-order valence-corrected chi connectivity index (χ4v) is 2.84. The Bertz CT molecular complexity index is 497. The van der Waals surface area contributed by atoms with Crippen LogP contribution in [0.2, 0.25) is 4.34 Å². The van der Waals surface area contributed by atoms with E-state index in [1.807, 2.05) is 24.4 Å². The van der Waals surface area contributed by atoms with Crippen LogP contribution in [0.15, 0.2) is 30.5 Å². The first-order valence-electron chi connectivity index (χ1n) is 5.51. The second kappa shape index (κ2) is 6.15. The first-order valence-corrected chi connectivity index (χ1v) is 6.71. The van der Waals surface area contributed by atoms with Crippen molar-refractivity contribution in [2.24, 2.45) is 5.84 Å². The van der Waals surface area contributed by atoms with Crippen LogP contribution < -0.4 is 11.3 Å². The molecule has 0 saturated carbocycles. The van der Waals surface area contributed by atoms with Gasteiger partial charge in [0.25, 0.3) is 0 Å². The van der Waals surface area contributed by atoms with Crippen molar-refractivity contribution >= 4 is 28.8 Å². The van der Waals surface area contributed by atoms with Crippen LogP contribution in [0.4, 0.5) is 5.82 Å². The highest BCUT2D eigenvalue weighted by atomic mass is 35.5. The van der Waals surface area contributed by atoms with Crippen LogP contribution >= 0.6 is 22.9 Å². The number of nitrogens with one attached hydrogen (secondary N) is 1. The zero-order valence-corrected chi connectivity index (χ0v) is 11.6. The molecule has 0 aromatic carbocycles. The predicted octanol–water partition coefficient (Wildman–Crippen LogP) is 2.71. The number of hydrogen-bond donors (Lipinski definition) is 2. The third kappa shape index (κ3) is 3.68. The number of nitrogens with zero attached hydrogens (tertiary/aromatic N) is 2. The van der Waals surface area contributed by atoms with E-state index >= 15 is 0 Å². The number of thiophene rings is 1. The minimum Gasteiger partial charge on any atom is -0.308 e. The maximum absolute atomic E-state index is 5.91. The van der Waals surface area contributed by atoms with Gasteiger partial charge in [-0.2, -0.15) is 0 Å². The van der Waals surface area contributed by atoms with Crippen LogP contribution in [0.5, 0.6) is 0 Å². The molecule has 96 valence electrons. The van der Waals surface area contributed by atoms with Crippen LogP contribution in [0, 0.1) is 0 Å². The van der Waals surface area contributed by atoms with Gasteiger partial charge in [0, 0.05) is 24.2 Å². The molecule has 4 nitrogen and oxygen atoms in total. The largest absolute Gasteiger partial charge is 0.308 e. The summed E-state index contributed by atoms with van der Waals surface area (Å²) in [6, 6.07) is 7.87. The summed E-state index contributed by atoms with van der Waals surface area (Å²) in [4.78, 5) is 7.66. The topological polar surface area (TPSA) is 54.2 Å². The Morgan fingerprint density at radius 2 is 2.17 bits per heavy atom. The molecule has 2 rings (SSSR count). The summed E-state index contributed by atoms with van der Waals surface area (Å²) in [5.74, 6) is 5.94. The maximum atomic E-state index is 5.91. The summed E-state index contributed by atoms with van der Waals surface area (Å²) >= 11 is 7.52. The van der Waals surface area contributed by atoms with Gasteiger partial charge in [0.05, 0.1) is 4.34 Å². The Labute approximate surface area is 115 Å². The molecule has 0 aliphatic rings. The molecule has 3 N–H and O–H groups in total. The zero-order valence-electron chi connectivity index (χ0n) is 10.1. The van der Waals surface area contributed by atoms with Gasteiger partial charge in [-0.1, -0.05) is 17.7 Å². The van der Waals surface area contributed by atoms with E-state index in [1.54, 1.807) is 11.3 Å². The molecule has 0 atom stereocenters. The van der Waals surface area contributed by atoms with Crippen molar-refractivity contribution in [2.75, 3.05) is 12.5 Å². The molecule has 2 aromatic heterocycles. The Morgan fingerprint density at radius 3 is 2.72 bits per heavy atom. The summed E-state index contributed by atoms with van der Waals surface area (Å²) < 4.78 is 0.832. The van der Waals surface area contributed by atoms with Gasteiger partial charge in [0.1, 0.15) is 5.82 Å². The molecule has 0 aliphatic heterocycles. The monoisotopic (exact) mass is 282 g/mol. The van der Waals surface area contributed by atoms with Crippen LogP contribution in [0.25, 0.3) is 0 Å². The Balaban J connectivity index is 1.91. The smallest absolute Gasteiger partial charge is 0.139 e. The van der Waals surface area contributed by atoms with E-state index in [1.165, 1.54) is 4.88 Å². The van der Waals surface area contributed by atoms with Crippen molar-refractivity contribution in [1.82, 2.24) is 9.88 Å². The molecule has 2 aromatic rings. The number of hydrazine groups is 1. The zero-order chi connectivity index (χ0) is 13.0. The standard InChI is InChI=1S/C12H15ClN4S/c1-17(8-10-3-4-11(13)18-10)7-9-2-5-12(16-14)15-6-9/h2-6H,7-8,14H2,1H3,(H,15,16). The van der Waals surface area contributed by atoms with Crippen molar-refractivity contribution in [3.8, 4) is 0 Å². The van der Waals surface area contributed by atoms with Gasteiger partial charge >= 0.3 is 0 Å². The lowest BCUT2D eigenvalue weighted by molar-refractivity contribution is 0.321. The minimum absolute atomic E-state index is 0.673. The van der Waals surface area contributed by atoms with Crippen molar-refractivity contribution in [3.05, 3.63) is 45.2 Å². The number of nitrogens with two attached hydrogens (primary N) is 1. The van der Waals surface area contributed by atoms with Gasteiger partial charge in [-0.05, 0) is 30.8 Å². The predicted molar refractivity (Wildman–Crippen MR) is 76.5 cm³/mol.